The Morgan fingerprint density at radius 2 is 1.85 bits per heavy atom. The fourth-order valence-electron chi connectivity index (χ4n) is 2.76. The first-order chi connectivity index (χ1) is 12.4. The summed E-state index contributed by atoms with van der Waals surface area (Å²) in [7, 11) is 0. The number of carbonyl (C=O) groups excluding carboxylic acids is 1. The van der Waals surface area contributed by atoms with Gasteiger partial charge in [0.25, 0.3) is 0 Å². The Morgan fingerprint density at radius 3 is 2.62 bits per heavy atom. The first-order valence-electron chi connectivity index (χ1n) is 9.00. The molecule has 0 saturated carbocycles. The summed E-state index contributed by atoms with van der Waals surface area (Å²) < 4.78 is 2.02. The zero-order chi connectivity index (χ0) is 18.7. The third-order valence-corrected chi connectivity index (χ3v) is 4.25. The average Bonchev–Trinajstić information content (AvgIpc) is 2.99. The predicted octanol–water partition coefficient (Wildman–Crippen LogP) is 2.94. The van der Waals surface area contributed by atoms with Crippen LogP contribution in [0, 0.1) is 12.3 Å². The van der Waals surface area contributed by atoms with Crippen molar-refractivity contribution in [3.63, 3.8) is 0 Å². The molecule has 0 saturated heterocycles. The molecule has 0 bridgehead atoms. The molecule has 0 unspecified atom stereocenters. The number of para-hydroxylation sites is 2. The van der Waals surface area contributed by atoms with E-state index >= 15 is 0 Å². The molecule has 0 radical (unpaired) electrons. The second-order valence-corrected chi connectivity index (χ2v) is 7.50. The summed E-state index contributed by atoms with van der Waals surface area (Å²) in [6.45, 7) is 9.14. The Balaban J connectivity index is 1.62. The Morgan fingerprint density at radius 1 is 1.12 bits per heavy atom. The predicted molar refractivity (Wildman–Crippen MR) is 103 cm³/mol. The summed E-state index contributed by atoms with van der Waals surface area (Å²) >= 11 is 0. The first-order valence-corrected chi connectivity index (χ1v) is 9.00. The molecule has 7 nitrogen and oxygen atoms in total. The van der Waals surface area contributed by atoms with Crippen molar-refractivity contribution in [2.75, 3.05) is 18.4 Å². The second kappa shape index (κ2) is 7.27. The van der Waals surface area contributed by atoms with E-state index in [4.69, 9.17) is 4.98 Å². The lowest BCUT2D eigenvalue weighted by Gasteiger charge is -2.17. The average molecular weight is 354 g/mol. The van der Waals surface area contributed by atoms with Gasteiger partial charge in [0.2, 0.25) is 11.6 Å². The normalized spacial score (nSPS) is 11.8. The highest BCUT2D eigenvalue weighted by molar-refractivity contribution is 5.83. The van der Waals surface area contributed by atoms with Crippen LogP contribution in [0.5, 0.6) is 0 Å². The Kier molecular flexibility index (Phi) is 5.06. The summed E-state index contributed by atoms with van der Waals surface area (Å²) in [5.41, 5.74) is 2.30. The largest absolute Gasteiger partial charge is 0.367 e. The molecule has 3 rings (SSSR count). The van der Waals surface area contributed by atoms with Crippen molar-refractivity contribution >= 4 is 28.4 Å². The third-order valence-electron chi connectivity index (χ3n) is 4.25. The number of fused-ring (bicyclic) bond motifs is 3. The van der Waals surface area contributed by atoms with Crippen molar-refractivity contribution in [1.29, 1.82) is 0 Å². The van der Waals surface area contributed by atoms with E-state index in [1.807, 2.05) is 56.4 Å². The molecule has 2 aromatic heterocycles. The van der Waals surface area contributed by atoms with Crippen molar-refractivity contribution in [3.8, 4) is 0 Å². The molecule has 0 fully saturated rings. The van der Waals surface area contributed by atoms with Crippen molar-refractivity contribution in [2.45, 2.75) is 40.5 Å². The molecule has 26 heavy (non-hydrogen) atoms. The smallest absolute Gasteiger partial charge is 0.225 e. The van der Waals surface area contributed by atoms with E-state index < -0.39 is 0 Å². The molecule has 1 aromatic carbocycles. The number of benzene rings is 1. The van der Waals surface area contributed by atoms with Gasteiger partial charge in [0.15, 0.2) is 5.82 Å². The third kappa shape index (κ3) is 3.76. The quantitative estimate of drug-likeness (QED) is 0.665. The number of carbonyl (C=O) groups is 1. The van der Waals surface area contributed by atoms with Gasteiger partial charge in [0.1, 0.15) is 5.82 Å². The standard InChI is InChI=1S/C19H26N6O/c1-13-23-24-17-16(22-14-9-5-6-10-15(14)25(13)17)20-11-7-8-12-21-18(26)19(2,3)4/h5-6,9-10H,7-8,11-12H2,1-4H3,(H,20,22)(H,21,26). The van der Waals surface area contributed by atoms with Gasteiger partial charge in [0, 0.05) is 18.5 Å². The molecule has 0 aliphatic rings. The van der Waals surface area contributed by atoms with Crippen LogP contribution in [0.15, 0.2) is 24.3 Å². The van der Waals surface area contributed by atoms with Crippen molar-refractivity contribution in [1.82, 2.24) is 24.9 Å². The van der Waals surface area contributed by atoms with Crippen LogP contribution in [0.25, 0.3) is 16.7 Å². The fourth-order valence-corrected chi connectivity index (χ4v) is 2.76. The van der Waals surface area contributed by atoms with Crippen LogP contribution >= 0.6 is 0 Å². The van der Waals surface area contributed by atoms with E-state index in [0.29, 0.717) is 6.54 Å². The molecule has 2 heterocycles. The number of amides is 1. The lowest BCUT2D eigenvalue weighted by atomic mass is 9.96. The highest BCUT2D eigenvalue weighted by atomic mass is 16.2. The number of nitrogens with zero attached hydrogens (tertiary/aromatic N) is 4. The van der Waals surface area contributed by atoms with Crippen molar-refractivity contribution in [2.24, 2.45) is 5.41 Å². The molecule has 3 aromatic rings. The number of hydrogen-bond acceptors (Lipinski definition) is 5. The highest BCUT2D eigenvalue weighted by Gasteiger charge is 2.20. The van der Waals surface area contributed by atoms with Crippen LogP contribution in [-0.4, -0.2) is 38.6 Å². The highest BCUT2D eigenvalue weighted by Crippen LogP contribution is 2.21. The number of aromatic nitrogens is 4. The van der Waals surface area contributed by atoms with Gasteiger partial charge in [-0.1, -0.05) is 32.9 Å². The maximum atomic E-state index is 11.8. The van der Waals surface area contributed by atoms with Gasteiger partial charge >= 0.3 is 0 Å². The van der Waals surface area contributed by atoms with Gasteiger partial charge in [-0.2, -0.15) is 0 Å². The lowest BCUT2D eigenvalue weighted by Crippen LogP contribution is -2.35. The number of anilines is 1. The molecule has 138 valence electrons. The summed E-state index contributed by atoms with van der Waals surface area (Å²) in [4.78, 5) is 16.5. The van der Waals surface area contributed by atoms with E-state index in [9.17, 15) is 4.79 Å². The van der Waals surface area contributed by atoms with Gasteiger partial charge < -0.3 is 10.6 Å². The monoisotopic (exact) mass is 354 g/mol. The van der Waals surface area contributed by atoms with Gasteiger partial charge in [-0.25, -0.2) is 4.98 Å². The molecule has 0 aliphatic heterocycles. The topological polar surface area (TPSA) is 84.2 Å². The number of aryl methyl sites for hydroxylation is 1. The van der Waals surface area contributed by atoms with E-state index in [1.54, 1.807) is 0 Å². The lowest BCUT2D eigenvalue weighted by molar-refractivity contribution is -0.128. The van der Waals surface area contributed by atoms with Crippen LogP contribution in [0.2, 0.25) is 0 Å². The van der Waals surface area contributed by atoms with Crippen LogP contribution in [0.3, 0.4) is 0 Å². The van der Waals surface area contributed by atoms with E-state index in [-0.39, 0.29) is 11.3 Å². The van der Waals surface area contributed by atoms with Gasteiger partial charge in [-0.05, 0) is 31.9 Å². The van der Waals surface area contributed by atoms with Gasteiger partial charge in [-0.3, -0.25) is 9.20 Å². The maximum Gasteiger partial charge on any atom is 0.225 e. The molecule has 2 N–H and O–H groups in total. The number of hydrogen-bond donors (Lipinski definition) is 2. The zero-order valence-corrected chi connectivity index (χ0v) is 15.8. The van der Waals surface area contributed by atoms with Gasteiger partial charge in [-0.15, -0.1) is 10.2 Å². The molecular formula is C19H26N6O. The van der Waals surface area contributed by atoms with Gasteiger partial charge in [0.05, 0.1) is 11.0 Å². The molecule has 0 spiro atoms. The molecule has 0 atom stereocenters. The molecule has 7 heteroatoms. The molecule has 0 aliphatic carbocycles. The van der Waals surface area contributed by atoms with Crippen molar-refractivity contribution in [3.05, 3.63) is 30.1 Å². The van der Waals surface area contributed by atoms with Crippen LogP contribution in [0.1, 0.15) is 39.4 Å². The van der Waals surface area contributed by atoms with Crippen LogP contribution < -0.4 is 10.6 Å². The Labute approximate surface area is 153 Å². The second-order valence-electron chi connectivity index (χ2n) is 7.50. The van der Waals surface area contributed by atoms with Crippen LogP contribution in [-0.2, 0) is 4.79 Å². The number of rotatable bonds is 6. The maximum absolute atomic E-state index is 11.8. The number of unbranched alkanes of at least 4 members (excludes halogenated alkanes) is 1. The fraction of sp³-hybridized carbons (Fsp3) is 0.474. The van der Waals surface area contributed by atoms with Crippen LogP contribution in [0.4, 0.5) is 5.82 Å². The molecular weight excluding hydrogens is 328 g/mol. The summed E-state index contributed by atoms with van der Waals surface area (Å²) in [6.07, 6.45) is 1.84. The van der Waals surface area contributed by atoms with E-state index in [0.717, 1.165) is 47.7 Å². The van der Waals surface area contributed by atoms with E-state index in [1.165, 1.54) is 0 Å². The Bertz CT molecular complexity index is 925. The zero-order valence-electron chi connectivity index (χ0n) is 15.8. The van der Waals surface area contributed by atoms with Crippen molar-refractivity contribution < 1.29 is 4.79 Å². The Hall–Kier alpha value is -2.70. The SMILES string of the molecule is Cc1nnc2c(NCCCCNC(=O)C(C)(C)C)nc3ccccc3n12. The molecule has 1 amide bonds. The first kappa shape index (κ1) is 18.1. The summed E-state index contributed by atoms with van der Waals surface area (Å²) in [5.74, 6) is 1.66. The van der Waals surface area contributed by atoms with E-state index in [2.05, 4.69) is 20.8 Å². The summed E-state index contributed by atoms with van der Waals surface area (Å²) in [6, 6.07) is 7.97. The number of nitrogens with one attached hydrogen (secondary N) is 2. The summed E-state index contributed by atoms with van der Waals surface area (Å²) in [5, 5.41) is 14.8. The minimum atomic E-state index is -0.343. The minimum absolute atomic E-state index is 0.0855. The minimum Gasteiger partial charge on any atom is -0.367 e.